The maximum Gasteiger partial charge on any atom is 0.295 e. The van der Waals surface area contributed by atoms with E-state index in [4.69, 9.17) is 0 Å². The Morgan fingerprint density at radius 3 is 2.81 bits per heavy atom. The van der Waals surface area contributed by atoms with E-state index in [2.05, 4.69) is 32.4 Å². The Morgan fingerprint density at radius 1 is 1.12 bits per heavy atom. The summed E-state index contributed by atoms with van der Waals surface area (Å²) in [6.45, 7) is 2.20. The van der Waals surface area contributed by atoms with E-state index in [0.717, 1.165) is 17.5 Å². The summed E-state index contributed by atoms with van der Waals surface area (Å²) in [6, 6.07) is 7.47. The average molecular weight is 348 g/mol. The van der Waals surface area contributed by atoms with Crippen LogP contribution >= 0.6 is 0 Å². The van der Waals surface area contributed by atoms with Crippen LogP contribution in [0.5, 0.6) is 0 Å². The Bertz CT molecular complexity index is 1310. The highest BCUT2D eigenvalue weighted by Gasteiger charge is 2.36. The molecule has 4 heterocycles. The Morgan fingerprint density at radius 2 is 1.96 bits per heavy atom. The van der Waals surface area contributed by atoms with E-state index < -0.39 is 6.08 Å². The normalized spacial score (nSPS) is 19.8. The van der Waals surface area contributed by atoms with Gasteiger partial charge >= 0.3 is 0 Å². The van der Waals surface area contributed by atoms with Gasteiger partial charge in [0, 0.05) is 11.3 Å². The summed E-state index contributed by atoms with van der Waals surface area (Å²) in [4.78, 5) is 3.84. The number of rotatable bonds is 2. The number of para-hydroxylation sites is 1. The molecule has 26 heavy (non-hydrogen) atoms. The van der Waals surface area contributed by atoms with Crippen LogP contribution in [0.1, 0.15) is 25.0 Å². The van der Waals surface area contributed by atoms with Gasteiger partial charge in [0.05, 0.1) is 23.6 Å². The highest BCUT2D eigenvalue weighted by molar-refractivity contribution is 5.94. The molecule has 1 aliphatic carbocycles. The molecule has 0 amide bonds. The zero-order valence-corrected chi connectivity index (χ0v) is 13.8. The molecule has 0 bridgehead atoms. The summed E-state index contributed by atoms with van der Waals surface area (Å²) in [5, 5.41) is 17.9. The first kappa shape index (κ1) is 13.9. The Kier molecular flexibility index (Phi) is 2.47. The van der Waals surface area contributed by atoms with Crippen molar-refractivity contribution < 1.29 is 4.39 Å². The average Bonchev–Trinajstić information content (AvgIpc) is 3.05. The van der Waals surface area contributed by atoms with E-state index in [1.165, 1.54) is 10.6 Å². The molecule has 0 radical (unpaired) electrons. The minimum atomic E-state index is -0.580. The molecular formula is C17H13FN8. The number of hydrogen-bond acceptors (Lipinski definition) is 5. The molecule has 128 valence electrons. The first-order valence-corrected chi connectivity index (χ1v) is 8.44. The second-order valence-electron chi connectivity index (χ2n) is 6.80. The largest absolute Gasteiger partial charge is 0.295 e. The topological polar surface area (TPSA) is 78.2 Å². The van der Waals surface area contributed by atoms with Crippen molar-refractivity contribution in [2.45, 2.75) is 19.3 Å². The number of imidazole rings is 1. The molecule has 6 rings (SSSR count). The van der Waals surface area contributed by atoms with E-state index in [-0.39, 0.29) is 0 Å². The van der Waals surface area contributed by atoms with Crippen LogP contribution < -0.4 is 0 Å². The van der Waals surface area contributed by atoms with Crippen molar-refractivity contribution >= 4 is 22.2 Å². The highest BCUT2D eigenvalue weighted by atomic mass is 19.1. The third-order valence-electron chi connectivity index (χ3n) is 5.17. The van der Waals surface area contributed by atoms with Crippen LogP contribution in [0, 0.1) is 12.0 Å². The van der Waals surface area contributed by atoms with E-state index in [9.17, 15) is 4.39 Å². The van der Waals surface area contributed by atoms with Gasteiger partial charge in [0.1, 0.15) is 5.65 Å². The molecule has 1 saturated carbocycles. The zero-order chi connectivity index (χ0) is 17.4. The van der Waals surface area contributed by atoms with Gasteiger partial charge in [-0.3, -0.25) is 4.40 Å². The molecule has 2 atom stereocenters. The van der Waals surface area contributed by atoms with Crippen molar-refractivity contribution in [3.63, 3.8) is 0 Å². The van der Waals surface area contributed by atoms with Gasteiger partial charge in [-0.2, -0.15) is 9.07 Å². The van der Waals surface area contributed by atoms with Crippen LogP contribution in [0.15, 0.2) is 36.7 Å². The van der Waals surface area contributed by atoms with Crippen LogP contribution in [-0.4, -0.2) is 39.0 Å². The monoisotopic (exact) mass is 348 g/mol. The zero-order valence-electron chi connectivity index (χ0n) is 13.8. The molecule has 0 N–H and O–H groups in total. The molecule has 0 spiro atoms. The van der Waals surface area contributed by atoms with Crippen LogP contribution in [-0.2, 0) is 0 Å². The lowest BCUT2D eigenvalue weighted by Gasteiger charge is -2.07. The van der Waals surface area contributed by atoms with E-state index >= 15 is 0 Å². The molecule has 4 aromatic heterocycles. The van der Waals surface area contributed by atoms with Crippen LogP contribution in [0.4, 0.5) is 4.39 Å². The van der Waals surface area contributed by atoms with Gasteiger partial charge in [0.25, 0.3) is 12.0 Å². The van der Waals surface area contributed by atoms with Crippen molar-refractivity contribution in [2.75, 3.05) is 0 Å². The van der Waals surface area contributed by atoms with Crippen LogP contribution in [0.2, 0.25) is 0 Å². The maximum atomic E-state index is 14.4. The highest BCUT2D eigenvalue weighted by Crippen LogP contribution is 2.45. The molecular weight excluding hydrogens is 335 g/mol. The third-order valence-corrected chi connectivity index (χ3v) is 5.17. The SMILES string of the molecule is CC1CC1c1cn(-c2nnc3c4ccccc4n4c(F)ncc4n23)nn1. The number of halogens is 1. The molecule has 0 aliphatic heterocycles. The van der Waals surface area contributed by atoms with Crippen LogP contribution in [0.25, 0.3) is 28.1 Å². The number of benzene rings is 1. The van der Waals surface area contributed by atoms with Gasteiger partial charge in [-0.1, -0.05) is 24.3 Å². The first-order chi connectivity index (χ1) is 12.7. The summed E-state index contributed by atoms with van der Waals surface area (Å²) < 4.78 is 19.2. The van der Waals surface area contributed by atoms with Gasteiger partial charge in [-0.05, 0) is 24.5 Å². The Balaban J connectivity index is 1.69. The minimum absolute atomic E-state index is 0.455. The number of nitrogens with zero attached hydrogens (tertiary/aromatic N) is 8. The van der Waals surface area contributed by atoms with Crippen molar-refractivity contribution in [1.82, 2.24) is 39.0 Å². The van der Waals surface area contributed by atoms with Gasteiger partial charge in [0.15, 0.2) is 5.65 Å². The van der Waals surface area contributed by atoms with Crippen molar-refractivity contribution in [1.29, 1.82) is 0 Å². The lowest BCUT2D eigenvalue weighted by molar-refractivity contribution is 0.539. The van der Waals surface area contributed by atoms with E-state index in [1.807, 2.05) is 30.5 Å². The summed E-state index contributed by atoms with van der Waals surface area (Å²) >= 11 is 0. The summed E-state index contributed by atoms with van der Waals surface area (Å²) in [6.07, 6.45) is 3.90. The standard InChI is InChI=1S/C17H13FN8/c1-9-6-11(9)12-8-24(23-20-12)17-22-21-15-10-4-2-3-5-13(10)25-14(26(15)17)7-19-16(25)18/h2-5,7-9,11H,6H2,1H3. The minimum Gasteiger partial charge on any atom is -0.253 e. The number of fused-ring (bicyclic) bond motifs is 6. The quantitative estimate of drug-likeness (QED) is 0.489. The van der Waals surface area contributed by atoms with Gasteiger partial charge in [0.2, 0.25) is 0 Å². The molecule has 0 saturated heterocycles. The molecule has 9 heteroatoms. The summed E-state index contributed by atoms with van der Waals surface area (Å²) in [5.74, 6) is 1.55. The molecule has 1 fully saturated rings. The van der Waals surface area contributed by atoms with E-state index in [0.29, 0.717) is 34.6 Å². The van der Waals surface area contributed by atoms with Crippen molar-refractivity contribution in [3.05, 3.63) is 48.4 Å². The fraction of sp³-hybridized carbons (Fsp3) is 0.235. The lowest BCUT2D eigenvalue weighted by atomic mass is 10.2. The predicted octanol–water partition coefficient (Wildman–Crippen LogP) is 2.37. The third kappa shape index (κ3) is 1.69. The fourth-order valence-electron chi connectivity index (χ4n) is 3.65. The molecule has 8 nitrogen and oxygen atoms in total. The van der Waals surface area contributed by atoms with Crippen molar-refractivity contribution in [3.8, 4) is 5.95 Å². The second kappa shape index (κ2) is 4.63. The first-order valence-electron chi connectivity index (χ1n) is 8.44. The smallest absolute Gasteiger partial charge is 0.253 e. The Labute approximate surface area is 145 Å². The van der Waals surface area contributed by atoms with Gasteiger partial charge < -0.3 is 0 Å². The molecule has 1 aromatic carbocycles. The van der Waals surface area contributed by atoms with Gasteiger partial charge in [-0.25, -0.2) is 9.38 Å². The fourth-order valence-corrected chi connectivity index (χ4v) is 3.65. The number of hydrogen-bond donors (Lipinski definition) is 0. The van der Waals surface area contributed by atoms with Crippen LogP contribution in [0.3, 0.4) is 0 Å². The number of aromatic nitrogens is 8. The van der Waals surface area contributed by atoms with Crippen molar-refractivity contribution in [2.24, 2.45) is 5.92 Å². The van der Waals surface area contributed by atoms with Gasteiger partial charge in [-0.15, -0.1) is 15.3 Å². The maximum absolute atomic E-state index is 14.4. The summed E-state index contributed by atoms with van der Waals surface area (Å²) in [7, 11) is 0. The molecule has 5 aromatic rings. The lowest BCUT2D eigenvalue weighted by Crippen LogP contribution is -2.05. The second-order valence-corrected chi connectivity index (χ2v) is 6.80. The Hall–Kier alpha value is -3.36. The molecule has 1 aliphatic rings. The molecule has 2 unspecified atom stereocenters. The summed E-state index contributed by atoms with van der Waals surface area (Å²) in [5.41, 5.74) is 2.80. The predicted molar refractivity (Wildman–Crippen MR) is 90.6 cm³/mol. The van der Waals surface area contributed by atoms with E-state index in [1.54, 1.807) is 9.08 Å².